The lowest BCUT2D eigenvalue weighted by Gasteiger charge is -2.32. The van der Waals surface area contributed by atoms with E-state index in [4.69, 9.17) is 4.74 Å². The fourth-order valence-corrected chi connectivity index (χ4v) is 3.05. The molecule has 7 nitrogen and oxygen atoms in total. The van der Waals surface area contributed by atoms with Crippen molar-refractivity contribution in [2.45, 2.75) is 59.2 Å². The first kappa shape index (κ1) is 19.6. The van der Waals surface area contributed by atoms with Gasteiger partial charge in [-0.15, -0.1) is 0 Å². The minimum atomic E-state index is -0.888. The average Bonchev–Trinajstić information content (AvgIpc) is 2.57. The molecule has 140 valence electrons. The number of nitrogens with one attached hydrogen (secondary N) is 1. The van der Waals surface area contributed by atoms with Gasteiger partial charge in [-0.05, 0) is 40.7 Å². The molecule has 0 aliphatic rings. The summed E-state index contributed by atoms with van der Waals surface area (Å²) in [6, 6.07) is 6.93. The van der Waals surface area contributed by atoms with Crippen molar-refractivity contribution < 1.29 is 14.3 Å². The zero-order chi connectivity index (χ0) is 19.4. The van der Waals surface area contributed by atoms with Crippen LogP contribution in [0.5, 0.6) is 0 Å². The second-order valence-electron chi connectivity index (χ2n) is 6.79. The van der Waals surface area contributed by atoms with Crippen LogP contribution in [-0.2, 0) is 20.7 Å². The van der Waals surface area contributed by atoms with Crippen LogP contribution in [0.1, 0.15) is 40.3 Å². The third kappa shape index (κ3) is 4.28. The summed E-state index contributed by atoms with van der Waals surface area (Å²) in [5.41, 5.74) is 0.0974. The molecule has 1 atom stereocenters. The van der Waals surface area contributed by atoms with Crippen molar-refractivity contribution in [1.82, 2.24) is 15.1 Å². The molecule has 1 N–H and O–H groups in total. The highest BCUT2D eigenvalue weighted by molar-refractivity contribution is 5.88. The quantitative estimate of drug-likeness (QED) is 0.797. The lowest BCUT2D eigenvalue weighted by Crippen LogP contribution is -2.47. The first-order valence-corrected chi connectivity index (χ1v) is 8.70. The summed E-state index contributed by atoms with van der Waals surface area (Å²) in [6.45, 7) is 9.24. The fraction of sp³-hybridized carbons (Fsp3) is 0.474. The number of aromatic amines is 1. The Balaban J connectivity index is 2.13. The van der Waals surface area contributed by atoms with Gasteiger partial charge in [-0.3, -0.25) is 14.4 Å². The topological polar surface area (TPSA) is 92.4 Å². The molecule has 7 heteroatoms. The fourth-order valence-electron chi connectivity index (χ4n) is 3.05. The number of carbonyl (C=O) groups excluding carboxylic acids is 2. The van der Waals surface area contributed by atoms with Crippen molar-refractivity contribution >= 4 is 22.6 Å². The van der Waals surface area contributed by atoms with Gasteiger partial charge in [0.2, 0.25) is 0 Å². The number of fused-ring (bicyclic) bond motifs is 1. The number of nitrogens with zero attached hydrogens (tertiary/aromatic N) is 2. The summed E-state index contributed by atoms with van der Waals surface area (Å²) in [4.78, 5) is 38.3. The summed E-state index contributed by atoms with van der Waals surface area (Å²) < 4.78 is 5.31. The van der Waals surface area contributed by atoms with Gasteiger partial charge in [0.25, 0.3) is 11.5 Å². The highest BCUT2D eigenvalue weighted by atomic mass is 16.5. The second-order valence-corrected chi connectivity index (χ2v) is 6.79. The van der Waals surface area contributed by atoms with E-state index < -0.39 is 12.1 Å². The van der Waals surface area contributed by atoms with Crippen LogP contribution in [0.15, 0.2) is 29.1 Å². The normalized spacial score (nSPS) is 12.4. The molecule has 2 aromatic rings. The predicted octanol–water partition coefficient (Wildman–Crippen LogP) is 2.04. The van der Waals surface area contributed by atoms with Crippen LogP contribution in [0.25, 0.3) is 10.8 Å². The van der Waals surface area contributed by atoms with E-state index in [1.54, 1.807) is 36.1 Å². The van der Waals surface area contributed by atoms with Crippen LogP contribution in [0.4, 0.5) is 0 Å². The molecule has 0 spiro atoms. The third-order valence-corrected chi connectivity index (χ3v) is 4.11. The van der Waals surface area contributed by atoms with Gasteiger partial charge < -0.3 is 9.64 Å². The lowest BCUT2D eigenvalue weighted by molar-refractivity contribution is -0.160. The highest BCUT2D eigenvalue weighted by Gasteiger charge is 2.27. The van der Waals surface area contributed by atoms with Crippen molar-refractivity contribution in [2.75, 3.05) is 0 Å². The van der Waals surface area contributed by atoms with Gasteiger partial charge in [-0.2, -0.15) is 5.10 Å². The Hall–Kier alpha value is -2.70. The van der Waals surface area contributed by atoms with Crippen LogP contribution in [-0.4, -0.2) is 45.2 Å². The molecule has 1 aromatic heterocycles. The van der Waals surface area contributed by atoms with Crippen molar-refractivity contribution in [1.29, 1.82) is 0 Å². The average molecular weight is 359 g/mol. The minimum Gasteiger partial charge on any atom is -0.452 e. The molecule has 0 unspecified atom stereocenters. The van der Waals surface area contributed by atoms with E-state index in [1.807, 2.05) is 27.7 Å². The molecular formula is C19H25N3O4. The number of hydrogen-bond donors (Lipinski definition) is 1. The van der Waals surface area contributed by atoms with Crippen LogP contribution in [0.2, 0.25) is 0 Å². The summed E-state index contributed by atoms with van der Waals surface area (Å²) in [7, 11) is 0. The number of hydrogen-bond acceptors (Lipinski definition) is 5. The SMILES string of the molecule is CC(C)N(C(=O)[C@@H](C)OC(=O)Cc1n[nH]c(=O)c2ccccc12)C(C)C. The number of carbonyl (C=O) groups is 2. The van der Waals surface area contributed by atoms with E-state index in [0.717, 1.165) is 0 Å². The largest absolute Gasteiger partial charge is 0.452 e. The van der Waals surface area contributed by atoms with Crippen LogP contribution < -0.4 is 5.56 Å². The van der Waals surface area contributed by atoms with E-state index in [2.05, 4.69) is 10.2 Å². The van der Waals surface area contributed by atoms with Gasteiger partial charge >= 0.3 is 5.97 Å². The van der Waals surface area contributed by atoms with Gasteiger partial charge in [0.15, 0.2) is 6.10 Å². The Morgan fingerprint density at radius 1 is 1.08 bits per heavy atom. The van der Waals surface area contributed by atoms with Crippen molar-refractivity contribution in [3.05, 3.63) is 40.3 Å². The predicted molar refractivity (Wildman–Crippen MR) is 98.7 cm³/mol. The number of rotatable bonds is 6. The van der Waals surface area contributed by atoms with Gasteiger partial charge in [0.05, 0.1) is 17.5 Å². The van der Waals surface area contributed by atoms with Crippen molar-refractivity contribution in [2.24, 2.45) is 0 Å². The highest BCUT2D eigenvalue weighted by Crippen LogP contribution is 2.14. The Labute approximate surface area is 152 Å². The van der Waals surface area contributed by atoms with Crippen molar-refractivity contribution in [3.8, 4) is 0 Å². The third-order valence-electron chi connectivity index (χ3n) is 4.11. The molecule has 1 heterocycles. The first-order valence-electron chi connectivity index (χ1n) is 8.70. The van der Waals surface area contributed by atoms with E-state index >= 15 is 0 Å². The molecule has 0 aliphatic heterocycles. The second kappa shape index (κ2) is 8.12. The number of ether oxygens (including phenoxy) is 1. The van der Waals surface area contributed by atoms with E-state index in [9.17, 15) is 14.4 Å². The number of H-pyrrole nitrogens is 1. The summed E-state index contributed by atoms with van der Waals surface area (Å²) in [5, 5.41) is 7.39. The maximum absolute atomic E-state index is 12.6. The zero-order valence-corrected chi connectivity index (χ0v) is 15.8. The number of amides is 1. The Bertz CT molecular complexity index is 849. The van der Waals surface area contributed by atoms with E-state index in [1.165, 1.54) is 0 Å². The van der Waals surface area contributed by atoms with Crippen LogP contribution >= 0.6 is 0 Å². The van der Waals surface area contributed by atoms with Gasteiger partial charge in [0, 0.05) is 17.5 Å². The Morgan fingerprint density at radius 3 is 2.23 bits per heavy atom. The van der Waals surface area contributed by atoms with Gasteiger partial charge in [0.1, 0.15) is 0 Å². The molecule has 26 heavy (non-hydrogen) atoms. The summed E-state index contributed by atoms with van der Waals surface area (Å²) >= 11 is 0. The molecule has 0 saturated carbocycles. The first-order chi connectivity index (χ1) is 12.2. The summed E-state index contributed by atoms with van der Waals surface area (Å²) in [6.07, 6.45) is -1.01. The maximum atomic E-state index is 12.6. The van der Waals surface area contributed by atoms with Gasteiger partial charge in [-0.1, -0.05) is 18.2 Å². The minimum absolute atomic E-state index is 0.00783. The standard InChI is InChI=1S/C19H25N3O4/c1-11(2)22(12(3)4)19(25)13(5)26-17(23)10-16-14-8-6-7-9-15(14)18(24)21-20-16/h6-9,11-13H,10H2,1-5H3,(H,21,24)/t13-/m1/s1. The zero-order valence-electron chi connectivity index (χ0n) is 15.8. The molecule has 1 amide bonds. The number of esters is 1. The number of benzene rings is 1. The van der Waals surface area contributed by atoms with E-state index in [-0.39, 0.29) is 30.0 Å². The van der Waals surface area contributed by atoms with E-state index in [0.29, 0.717) is 16.5 Å². The summed E-state index contributed by atoms with van der Waals surface area (Å²) in [5.74, 6) is -0.800. The Morgan fingerprint density at radius 2 is 1.65 bits per heavy atom. The molecule has 0 aliphatic carbocycles. The lowest BCUT2D eigenvalue weighted by atomic mass is 10.1. The molecule has 0 fully saturated rings. The maximum Gasteiger partial charge on any atom is 0.312 e. The smallest absolute Gasteiger partial charge is 0.312 e. The Kier molecular flexibility index (Phi) is 6.13. The van der Waals surface area contributed by atoms with Crippen molar-refractivity contribution in [3.63, 3.8) is 0 Å². The molecule has 0 radical (unpaired) electrons. The van der Waals surface area contributed by atoms with Crippen LogP contribution in [0.3, 0.4) is 0 Å². The number of aromatic nitrogens is 2. The molecular weight excluding hydrogens is 334 g/mol. The molecule has 0 bridgehead atoms. The molecule has 0 saturated heterocycles. The molecule has 1 aromatic carbocycles. The van der Waals surface area contributed by atoms with Gasteiger partial charge in [-0.25, -0.2) is 5.10 Å². The van der Waals surface area contributed by atoms with Crippen LogP contribution in [0, 0.1) is 0 Å². The molecule has 2 rings (SSSR count). The monoisotopic (exact) mass is 359 g/mol.